The minimum atomic E-state index is -0.167. The van der Waals surface area contributed by atoms with Crippen molar-refractivity contribution in [3.8, 4) is 5.75 Å². The number of rotatable bonds is 4. The van der Waals surface area contributed by atoms with Crippen LogP contribution < -0.4 is 9.64 Å². The van der Waals surface area contributed by atoms with Crippen molar-refractivity contribution in [3.05, 3.63) is 48.0 Å². The Hall–Kier alpha value is -2.21. The largest absolute Gasteiger partial charge is 0.496 e. The first-order valence-electron chi connectivity index (χ1n) is 10.7. The summed E-state index contributed by atoms with van der Waals surface area (Å²) in [5.74, 6) is 1.05. The van der Waals surface area contributed by atoms with Gasteiger partial charge in [-0.15, -0.1) is 0 Å². The molecule has 5 nitrogen and oxygen atoms in total. The summed E-state index contributed by atoms with van der Waals surface area (Å²) < 4.78 is 19.3. The second-order valence-corrected chi connectivity index (χ2v) is 9.05. The standard InChI is InChI=1S/C23H29FN4O/c1-29-22-3-2-18(24)12-21(22)17-6-10-27(11-7-17)19-4-8-23(13-19)15-28(16-23)20-5-9-25-26-14-20/h2-3,5,9,12,14,17,19H,4,6-8,10-11,13,15-16H2,1H3. The molecule has 1 atom stereocenters. The van der Waals surface area contributed by atoms with Gasteiger partial charge in [-0.1, -0.05) is 0 Å². The Morgan fingerprint density at radius 3 is 2.66 bits per heavy atom. The van der Waals surface area contributed by atoms with Crippen LogP contribution in [0.2, 0.25) is 0 Å². The quantitative estimate of drug-likeness (QED) is 0.785. The van der Waals surface area contributed by atoms with E-state index in [4.69, 9.17) is 4.74 Å². The number of aromatic nitrogens is 2. The third kappa shape index (κ3) is 3.59. The second-order valence-electron chi connectivity index (χ2n) is 9.05. The van der Waals surface area contributed by atoms with Gasteiger partial charge in [0.1, 0.15) is 11.6 Å². The van der Waals surface area contributed by atoms with Gasteiger partial charge < -0.3 is 14.5 Å². The van der Waals surface area contributed by atoms with E-state index < -0.39 is 0 Å². The Kier molecular flexibility index (Phi) is 4.90. The van der Waals surface area contributed by atoms with Gasteiger partial charge in [-0.25, -0.2) is 4.39 Å². The fourth-order valence-electron chi connectivity index (χ4n) is 5.79. The molecule has 1 saturated carbocycles. The van der Waals surface area contributed by atoms with Crippen molar-refractivity contribution >= 4 is 5.69 Å². The normalized spacial score (nSPS) is 24.6. The van der Waals surface area contributed by atoms with Gasteiger partial charge in [0.25, 0.3) is 0 Å². The van der Waals surface area contributed by atoms with Crippen molar-refractivity contribution in [2.24, 2.45) is 5.41 Å². The van der Waals surface area contributed by atoms with Crippen molar-refractivity contribution in [3.63, 3.8) is 0 Å². The highest BCUT2D eigenvalue weighted by Gasteiger charge is 2.49. The lowest BCUT2D eigenvalue weighted by molar-refractivity contribution is 0.131. The molecule has 3 fully saturated rings. The topological polar surface area (TPSA) is 41.5 Å². The zero-order valence-corrected chi connectivity index (χ0v) is 17.1. The molecule has 1 spiro atoms. The van der Waals surface area contributed by atoms with Gasteiger partial charge >= 0.3 is 0 Å². The SMILES string of the molecule is COc1ccc(F)cc1C1CCN(C2CCC3(C2)CN(c2ccnnc2)C3)CC1. The average molecular weight is 397 g/mol. The fraction of sp³-hybridized carbons (Fsp3) is 0.565. The van der Waals surface area contributed by atoms with Crippen molar-refractivity contribution in [2.75, 3.05) is 38.2 Å². The molecule has 2 saturated heterocycles. The molecule has 29 heavy (non-hydrogen) atoms. The molecule has 3 heterocycles. The number of ether oxygens (including phenoxy) is 1. The van der Waals surface area contributed by atoms with Crippen molar-refractivity contribution in [1.29, 1.82) is 0 Å². The van der Waals surface area contributed by atoms with Gasteiger partial charge in [0.05, 0.1) is 25.2 Å². The summed E-state index contributed by atoms with van der Waals surface area (Å²) in [6, 6.07) is 7.67. The molecule has 1 aromatic carbocycles. The molecule has 1 unspecified atom stereocenters. The average Bonchev–Trinajstić information content (AvgIpc) is 3.19. The minimum absolute atomic E-state index is 0.167. The maximum atomic E-state index is 13.8. The zero-order chi connectivity index (χ0) is 19.8. The summed E-state index contributed by atoms with van der Waals surface area (Å²) in [5, 5.41) is 7.89. The van der Waals surface area contributed by atoms with Crippen molar-refractivity contribution < 1.29 is 9.13 Å². The molecule has 1 aromatic heterocycles. The van der Waals surface area contributed by atoms with Crippen LogP contribution in [-0.4, -0.2) is 54.4 Å². The summed E-state index contributed by atoms with van der Waals surface area (Å²) in [6.45, 7) is 4.49. The van der Waals surface area contributed by atoms with E-state index in [0.717, 1.165) is 50.3 Å². The Labute approximate surface area is 171 Å². The molecule has 3 aliphatic rings. The number of benzene rings is 1. The molecule has 6 heteroatoms. The first-order valence-corrected chi connectivity index (χ1v) is 10.7. The smallest absolute Gasteiger partial charge is 0.123 e. The summed E-state index contributed by atoms with van der Waals surface area (Å²) in [4.78, 5) is 5.12. The molecule has 2 aliphatic heterocycles. The van der Waals surface area contributed by atoms with Crippen LogP contribution in [-0.2, 0) is 0 Å². The van der Waals surface area contributed by atoms with Gasteiger partial charge in [-0.2, -0.15) is 10.2 Å². The minimum Gasteiger partial charge on any atom is -0.496 e. The van der Waals surface area contributed by atoms with E-state index in [2.05, 4.69) is 26.1 Å². The van der Waals surface area contributed by atoms with Crippen LogP contribution >= 0.6 is 0 Å². The lowest BCUT2D eigenvalue weighted by Gasteiger charge is -2.50. The first kappa shape index (κ1) is 18.8. The lowest BCUT2D eigenvalue weighted by Crippen LogP contribution is -2.56. The number of piperidine rings is 1. The number of halogens is 1. The van der Waals surface area contributed by atoms with E-state index >= 15 is 0 Å². The lowest BCUT2D eigenvalue weighted by atomic mass is 9.77. The highest BCUT2D eigenvalue weighted by Crippen LogP contribution is 2.49. The predicted molar refractivity (Wildman–Crippen MR) is 111 cm³/mol. The van der Waals surface area contributed by atoms with Gasteiger partial charge in [0, 0.05) is 30.1 Å². The Morgan fingerprint density at radius 2 is 1.93 bits per heavy atom. The summed E-state index contributed by atoms with van der Waals surface area (Å²) in [5.41, 5.74) is 2.71. The Balaban J connectivity index is 1.16. The molecule has 1 aliphatic carbocycles. The fourth-order valence-corrected chi connectivity index (χ4v) is 5.79. The summed E-state index contributed by atoms with van der Waals surface area (Å²) >= 11 is 0. The van der Waals surface area contributed by atoms with E-state index in [1.807, 2.05) is 6.20 Å². The maximum absolute atomic E-state index is 13.8. The van der Waals surface area contributed by atoms with Crippen LogP contribution in [0.4, 0.5) is 10.1 Å². The van der Waals surface area contributed by atoms with Crippen LogP contribution in [0, 0.1) is 11.2 Å². The molecule has 154 valence electrons. The molecule has 0 radical (unpaired) electrons. The van der Waals surface area contributed by atoms with E-state index in [1.54, 1.807) is 25.4 Å². The zero-order valence-electron chi connectivity index (χ0n) is 17.1. The van der Waals surface area contributed by atoms with Crippen molar-refractivity contribution in [1.82, 2.24) is 15.1 Å². The van der Waals surface area contributed by atoms with Gasteiger partial charge in [-0.3, -0.25) is 0 Å². The molecular formula is C23H29FN4O. The van der Waals surface area contributed by atoms with Gasteiger partial charge in [-0.05, 0) is 75.4 Å². The maximum Gasteiger partial charge on any atom is 0.123 e. The molecule has 2 aromatic rings. The monoisotopic (exact) mass is 396 g/mol. The number of hydrogen-bond donors (Lipinski definition) is 0. The first-order chi connectivity index (χ1) is 14.2. The highest BCUT2D eigenvalue weighted by atomic mass is 19.1. The molecular weight excluding hydrogens is 367 g/mol. The number of anilines is 1. The summed E-state index contributed by atoms with van der Waals surface area (Å²) in [7, 11) is 1.67. The van der Waals surface area contributed by atoms with Crippen LogP contribution in [0.25, 0.3) is 0 Å². The number of nitrogens with zero attached hydrogens (tertiary/aromatic N) is 4. The van der Waals surface area contributed by atoms with E-state index in [0.29, 0.717) is 17.4 Å². The van der Waals surface area contributed by atoms with Crippen LogP contribution in [0.5, 0.6) is 5.75 Å². The molecule has 5 rings (SSSR count). The van der Waals surface area contributed by atoms with Gasteiger partial charge in [0.15, 0.2) is 0 Å². The number of methoxy groups -OCH3 is 1. The van der Waals surface area contributed by atoms with E-state index in [9.17, 15) is 4.39 Å². The van der Waals surface area contributed by atoms with E-state index in [-0.39, 0.29) is 5.82 Å². The van der Waals surface area contributed by atoms with Crippen LogP contribution in [0.15, 0.2) is 36.7 Å². The third-order valence-corrected chi connectivity index (χ3v) is 7.34. The Bertz CT molecular complexity index is 847. The van der Waals surface area contributed by atoms with Crippen LogP contribution in [0.1, 0.15) is 43.6 Å². The molecule has 0 N–H and O–H groups in total. The number of likely N-dealkylation sites (tertiary alicyclic amines) is 1. The second kappa shape index (κ2) is 7.56. The predicted octanol–water partition coefficient (Wildman–Crippen LogP) is 3.86. The highest BCUT2D eigenvalue weighted by molar-refractivity contribution is 5.47. The van der Waals surface area contributed by atoms with Crippen molar-refractivity contribution in [2.45, 2.75) is 44.1 Å². The number of hydrogen-bond acceptors (Lipinski definition) is 5. The third-order valence-electron chi connectivity index (χ3n) is 7.34. The molecule has 0 bridgehead atoms. The van der Waals surface area contributed by atoms with Crippen LogP contribution in [0.3, 0.4) is 0 Å². The molecule has 0 amide bonds. The van der Waals surface area contributed by atoms with Gasteiger partial charge in [0.2, 0.25) is 0 Å². The summed E-state index contributed by atoms with van der Waals surface area (Å²) in [6.07, 6.45) is 9.73. The van der Waals surface area contributed by atoms with E-state index in [1.165, 1.54) is 31.0 Å². The Morgan fingerprint density at radius 1 is 1.10 bits per heavy atom.